The molecule has 2 aliphatic rings. The number of hydrogen-bond donors (Lipinski definition) is 0. The fourth-order valence-corrected chi connectivity index (χ4v) is 32.4. The highest BCUT2D eigenvalue weighted by molar-refractivity contribution is 7.42. The average molecular weight is 425 g/mol. The standard InChI is InChI=1S/C24H48O2Si2/c1-17(2)27(18(3)4)16-15-23(26-28(27,19(5)6)20(7)8)24(25)21(9)22-13-11-10-12-14-22/h17-23H,10-16H2,1-9H3. The third kappa shape index (κ3) is 3.99. The highest BCUT2D eigenvalue weighted by atomic mass is 29.3. The zero-order chi connectivity index (χ0) is 21.3. The smallest absolute Gasteiger partial charge is 0.186 e. The van der Waals surface area contributed by atoms with Crippen LogP contribution >= 0.6 is 0 Å². The van der Waals surface area contributed by atoms with Gasteiger partial charge in [-0.2, -0.15) is 0 Å². The molecule has 28 heavy (non-hydrogen) atoms. The van der Waals surface area contributed by atoms with Crippen LogP contribution in [-0.2, 0) is 9.22 Å². The van der Waals surface area contributed by atoms with Crippen LogP contribution in [0.2, 0.25) is 28.2 Å². The monoisotopic (exact) mass is 424 g/mol. The van der Waals surface area contributed by atoms with Crippen molar-refractivity contribution in [3.8, 4) is 0 Å². The van der Waals surface area contributed by atoms with Gasteiger partial charge in [-0.3, -0.25) is 4.79 Å². The molecule has 164 valence electrons. The summed E-state index contributed by atoms with van der Waals surface area (Å²) in [5, 5.41) is 0. The molecule has 4 heteroatoms. The average Bonchev–Trinajstić information content (AvgIpc) is 2.65. The second kappa shape index (κ2) is 9.47. The molecule has 1 aliphatic heterocycles. The van der Waals surface area contributed by atoms with E-state index in [9.17, 15) is 4.79 Å². The van der Waals surface area contributed by atoms with Gasteiger partial charge in [-0.15, -0.1) is 0 Å². The first-order valence-electron chi connectivity index (χ1n) is 12.2. The number of carbonyl (C=O) groups excluding carboxylic acids is 1. The van der Waals surface area contributed by atoms with Crippen LogP contribution in [0.15, 0.2) is 0 Å². The van der Waals surface area contributed by atoms with Gasteiger partial charge in [0.15, 0.2) is 13.6 Å². The van der Waals surface area contributed by atoms with Crippen LogP contribution in [-0.4, -0.2) is 27.3 Å². The molecule has 1 heterocycles. The van der Waals surface area contributed by atoms with Gasteiger partial charge in [0.05, 0.1) is 7.59 Å². The van der Waals surface area contributed by atoms with Crippen LogP contribution in [0.3, 0.4) is 0 Å². The Kier molecular flexibility index (Phi) is 8.23. The minimum absolute atomic E-state index is 0.119. The molecule has 0 amide bonds. The highest BCUT2D eigenvalue weighted by Gasteiger charge is 2.66. The van der Waals surface area contributed by atoms with Crippen molar-refractivity contribution < 1.29 is 9.22 Å². The van der Waals surface area contributed by atoms with E-state index in [0.717, 1.165) is 17.5 Å². The van der Waals surface area contributed by atoms with Gasteiger partial charge in [0.1, 0.15) is 6.10 Å². The van der Waals surface area contributed by atoms with Crippen molar-refractivity contribution in [1.82, 2.24) is 0 Å². The van der Waals surface area contributed by atoms with E-state index in [1.54, 1.807) is 0 Å². The summed E-state index contributed by atoms with van der Waals surface area (Å²) in [6.07, 6.45) is 7.33. The molecule has 0 aromatic heterocycles. The maximum atomic E-state index is 13.6. The van der Waals surface area contributed by atoms with E-state index in [0.29, 0.717) is 22.8 Å². The SMILES string of the molecule is CC(C(=O)C1CC[Si](C(C)C)(C(C)C)[Si](C(C)C)(C(C)C)O1)C1CCCCC1. The summed E-state index contributed by atoms with van der Waals surface area (Å²) in [5.41, 5.74) is 2.64. The molecule has 2 rings (SSSR count). The Bertz CT molecular complexity index is 505. The molecule has 0 spiro atoms. The van der Waals surface area contributed by atoms with E-state index in [4.69, 9.17) is 4.43 Å². The summed E-state index contributed by atoms with van der Waals surface area (Å²) in [7, 11) is -3.69. The first-order valence-corrected chi connectivity index (χ1v) is 17.7. The summed E-state index contributed by atoms with van der Waals surface area (Å²) >= 11 is 0. The molecule has 1 aliphatic carbocycles. The molecule has 2 nitrogen and oxygen atoms in total. The van der Waals surface area contributed by atoms with Crippen molar-refractivity contribution in [3.63, 3.8) is 0 Å². The predicted molar refractivity (Wildman–Crippen MR) is 127 cm³/mol. The van der Waals surface area contributed by atoms with E-state index in [1.807, 2.05) is 0 Å². The first kappa shape index (κ1) is 24.3. The lowest BCUT2D eigenvalue weighted by atomic mass is 9.78. The molecule has 2 atom stereocenters. The lowest BCUT2D eigenvalue weighted by Crippen LogP contribution is -2.75. The minimum Gasteiger partial charge on any atom is -0.409 e. The molecule has 0 bridgehead atoms. The van der Waals surface area contributed by atoms with E-state index >= 15 is 0 Å². The van der Waals surface area contributed by atoms with E-state index in [1.165, 1.54) is 38.1 Å². The molecular formula is C24H48O2Si2. The van der Waals surface area contributed by atoms with Gasteiger partial charge in [-0.05, 0) is 36.3 Å². The van der Waals surface area contributed by atoms with Crippen molar-refractivity contribution in [3.05, 3.63) is 0 Å². The summed E-state index contributed by atoms with van der Waals surface area (Å²) in [6, 6.07) is 1.30. The molecule has 0 N–H and O–H groups in total. The van der Waals surface area contributed by atoms with Crippen LogP contribution in [0.5, 0.6) is 0 Å². The molecule has 1 saturated heterocycles. The van der Waals surface area contributed by atoms with Gasteiger partial charge in [0.2, 0.25) is 0 Å². The Hall–Kier alpha value is 0.0638. The van der Waals surface area contributed by atoms with Gasteiger partial charge >= 0.3 is 0 Å². The number of rotatable bonds is 7. The van der Waals surface area contributed by atoms with E-state index in [-0.39, 0.29) is 12.0 Å². The van der Waals surface area contributed by atoms with Crippen LogP contribution in [0.4, 0.5) is 0 Å². The van der Waals surface area contributed by atoms with Gasteiger partial charge in [-0.25, -0.2) is 0 Å². The second-order valence-electron chi connectivity index (χ2n) is 11.2. The zero-order valence-electron chi connectivity index (χ0n) is 20.3. The largest absolute Gasteiger partial charge is 0.409 e. The summed E-state index contributed by atoms with van der Waals surface area (Å²) in [5.74, 6) is 1.22. The van der Waals surface area contributed by atoms with E-state index in [2.05, 4.69) is 62.3 Å². The van der Waals surface area contributed by atoms with Crippen LogP contribution in [0, 0.1) is 11.8 Å². The van der Waals surface area contributed by atoms with Gasteiger partial charge < -0.3 is 4.43 Å². The Morgan fingerprint density at radius 2 is 1.25 bits per heavy atom. The van der Waals surface area contributed by atoms with Crippen molar-refractivity contribution in [1.29, 1.82) is 0 Å². The molecule has 0 aromatic rings. The topological polar surface area (TPSA) is 26.3 Å². The molecule has 1 saturated carbocycles. The number of ketones is 1. The minimum atomic E-state index is -2.05. The Labute approximate surface area is 177 Å². The molecular weight excluding hydrogens is 376 g/mol. The molecule has 0 radical (unpaired) electrons. The van der Waals surface area contributed by atoms with Crippen molar-refractivity contribution in [2.75, 3.05) is 0 Å². The van der Waals surface area contributed by atoms with Gasteiger partial charge in [-0.1, -0.05) is 98.7 Å². The first-order chi connectivity index (χ1) is 13.0. The number of Topliss-reactive ketones (excluding diaryl/α,β-unsaturated/α-hetero) is 1. The quantitative estimate of drug-likeness (QED) is 0.392. The molecule has 0 aromatic carbocycles. The highest BCUT2D eigenvalue weighted by Crippen LogP contribution is 2.56. The summed E-state index contributed by atoms with van der Waals surface area (Å²) in [4.78, 5) is 13.6. The second-order valence-corrected chi connectivity index (χ2v) is 25.3. The van der Waals surface area contributed by atoms with Gasteiger partial charge in [0.25, 0.3) is 0 Å². The van der Waals surface area contributed by atoms with Crippen LogP contribution in [0.25, 0.3) is 0 Å². The van der Waals surface area contributed by atoms with Crippen molar-refractivity contribution >= 4 is 21.2 Å². The normalized spacial score (nSPS) is 27.0. The van der Waals surface area contributed by atoms with Crippen LogP contribution < -0.4 is 0 Å². The van der Waals surface area contributed by atoms with Crippen molar-refractivity contribution in [2.45, 2.75) is 135 Å². The maximum absolute atomic E-state index is 13.6. The number of carbonyl (C=O) groups is 1. The Balaban J connectivity index is 2.37. The Morgan fingerprint density at radius 3 is 1.68 bits per heavy atom. The Morgan fingerprint density at radius 1 is 0.750 bits per heavy atom. The fraction of sp³-hybridized carbons (Fsp3) is 0.958. The predicted octanol–water partition coefficient (Wildman–Crippen LogP) is 7.67. The molecule has 2 fully saturated rings. The number of hydrogen-bond acceptors (Lipinski definition) is 2. The van der Waals surface area contributed by atoms with Crippen LogP contribution in [0.1, 0.15) is 101 Å². The lowest BCUT2D eigenvalue weighted by molar-refractivity contribution is -0.132. The van der Waals surface area contributed by atoms with Gasteiger partial charge in [0, 0.05) is 5.92 Å². The summed E-state index contributed by atoms with van der Waals surface area (Å²) < 4.78 is 7.26. The maximum Gasteiger partial charge on any atom is 0.186 e. The van der Waals surface area contributed by atoms with E-state index < -0.39 is 15.4 Å². The zero-order valence-corrected chi connectivity index (χ0v) is 22.3. The lowest BCUT2D eigenvalue weighted by Gasteiger charge is -2.60. The molecule has 2 unspecified atom stereocenters. The third-order valence-corrected chi connectivity index (χ3v) is 32.0. The third-order valence-electron chi connectivity index (χ3n) is 8.78. The van der Waals surface area contributed by atoms with Crippen molar-refractivity contribution in [2.24, 2.45) is 11.8 Å². The fourth-order valence-electron chi connectivity index (χ4n) is 7.49. The summed E-state index contributed by atoms with van der Waals surface area (Å²) in [6.45, 7) is 21.7.